The Bertz CT molecular complexity index is 699. The topological polar surface area (TPSA) is 72.9 Å². The zero-order chi connectivity index (χ0) is 13.9. The molecule has 2 fully saturated rings. The van der Waals surface area contributed by atoms with Crippen molar-refractivity contribution in [2.24, 2.45) is 5.92 Å². The lowest BCUT2D eigenvalue weighted by molar-refractivity contribution is -0.117. The standard InChI is InChI=1S/C13H13NO5S/c15-13-3-8-5-20(16,17)6-10(8)14(13)9-1-2-11-12(4-9)19-7-18-11/h1-2,4,8,10H,3,5-7H2/t8-,10+/m1/s1. The van der Waals surface area contributed by atoms with Crippen molar-refractivity contribution in [3.63, 3.8) is 0 Å². The van der Waals surface area contributed by atoms with Crippen LogP contribution in [0.15, 0.2) is 18.2 Å². The highest BCUT2D eigenvalue weighted by molar-refractivity contribution is 7.91. The molecule has 7 heteroatoms. The molecule has 0 N–H and O–H groups in total. The molecule has 1 aromatic rings. The first kappa shape index (κ1) is 12.0. The van der Waals surface area contributed by atoms with Gasteiger partial charge in [-0.05, 0) is 12.1 Å². The average molecular weight is 295 g/mol. The Labute approximate surface area is 116 Å². The number of ether oxygens (including phenoxy) is 2. The molecule has 1 amide bonds. The number of fused-ring (bicyclic) bond motifs is 2. The molecule has 2 saturated heterocycles. The van der Waals surface area contributed by atoms with Crippen LogP contribution in [-0.4, -0.2) is 38.7 Å². The van der Waals surface area contributed by atoms with Gasteiger partial charge in [-0.2, -0.15) is 0 Å². The monoisotopic (exact) mass is 295 g/mol. The maximum Gasteiger partial charge on any atom is 0.231 e. The van der Waals surface area contributed by atoms with Crippen molar-refractivity contribution in [3.8, 4) is 11.5 Å². The molecule has 20 heavy (non-hydrogen) atoms. The Morgan fingerprint density at radius 3 is 2.80 bits per heavy atom. The molecule has 0 radical (unpaired) electrons. The van der Waals surface area contributed by atoms with Crippen LogP contribution in [0.4, 0.5) is 5.69 Å². The van der Waals surface area contributed by atoms with Gasteiger partial charge in [0, 0.05) is 24.1 Å². The summed E-state index contributed by atoms with van der Waals surface area (Å²) in [5, 5.41) is 0. The van der Waals surface area contributed by atoms with Crippen LogP contribution in [-0.2, 0) is 14.6 Å². The number of nitrogens with zero attached hydrogens (tertiary/aromatic N) is 1. The molecule has 0 spiro atoms. The normalized spacial score (nSPS) is 29.8. The largest absolute Gasteiger partial charge is 0.454 e. The van der Waals surface area contributed by atoms with E-state index in [9.17, 15) is 13.2 Å². The smallest absolute Gasteiger partial charge is 0.231 e. The second-order valence-electron chi connectivity index (χ2n) is 5.41. The number of carbonyl (C=O) groups excluding carboxylic acids is 1. The van der Waals surface area contributed by atoms with Gasteiger partial charge in [-0.3, -0.25) is 4.79 Å². The number of carbonyl (C=O) groups is 1. The minimum absolute atomic E-state index is 0.0197. The molecule has 0 saturated carbocycles. The predicted molar refractivity (Wildman–Crippen MR) is 70.6 cm³/mol. The van der Waals surface area contributed by atoms with Crippen LogP contribution in [0.5, 0.6) is 11.5 Å². The number of rotatable bonds is 1. The molecule has 0 aromatic heterocycles. The predicted octanol–water partition coefficient (Wildman–Crippen LogP) is 0.565. The third kappa shape index (κ3) is 1.69. The van der Waals surface area contributed by atoms with Crippen LogP contribution >= 0.6 is 0 Å². The van der Waals surface area contributed by atoms with E-state index in [0.29, 0.717) is 23.6 Å². The lowest BCUT2D eigenvalue weighted by atomic mass is 10.0. The fourth-order valence-electron chi connectivity index (χ4n) is 3.26. The number of amides is 1. The highest BCUT2D eigenvalue weighted by atomic mass is 32.2. The van der Waals surface area contributed by atoms with E-state index in [0.717, 1.165) is 0 Å². The maximum atomic E-state index is 12.2. The van der Waals surface area contributed by atoms with Crippen LogP contribution in [0.1, 0.15) is 6.42 Å². The van der Waals surface area contributed by atoms with Gasteiger partial charge in [-0.1, -0.05) is 0 Å². The molecule has 0 unspecified atom stereocenters. The van der Waals surface area contributed by atoms with Crippen molar-refractivity contribution in [1.29, 1.82) is 0 Å². The van der Waals surface area contributed by atoms with E-state index in [1.54, 1.807) is 23.1 Å². The summed E-state index contributed by atoms with van der Waals surface area (Å²) in [4.78, 5) is 13.8. The summed E-state index contributed by atoms with van der Waals surface area (Å²) in [6, 6.07) is 5.03. The van der Waals surface area contributed by atoms with Gasteiger partial charge in [-0.15, -0.1) is 0 Å². The zero-order valence-corrected chi connectivity index (χ0v) is 11.4. The van der Waals surface area contributed by atoms with Crippen molar-refractivity contribution in [1.82, 2.24) is 0 Å². The van der Waals surface area contributed by atoms with E-state index >= 15 is 0 Å². The SMILES string of the molecule is O=C1C[C@@H]2CS(=O)(=O)C[C@@H]2N1c1ccc2c(c1)OCO2. The number of hydrogen-bond donors (Lipinski definition) is 0. The first-order chi connectivity index (χ1) is 9.53. The van der Waals surface area contributed by atoms with Crippen molar-refractivity contribution in [3.05, 3.63) is 18.2 Å². The van der Waals surface area contributed by atoms with Gasteiger partial charge in [0.2, 0.25) is 12.7 Å². The molecule has 3 aliphatic rings. The molecule has 2 atom stereocenters. The zero-order valence-electron chi connectivity index (χ0n) is 10.6. The molecule has 3 heterocycles. The molecule has 3 aliphatic heterocycles. The summed E-state index contributed by atoms with van der Waals surface area (Å²) in [6.45, 7) is 0.174. The molecular formula is C13H13NO5S. The third-order valence-electron chi connectivity index (χ3n) is 4.11. The van der Waals surface area contributed by atoms with Crippen molar-refractivity contribution >= 4 is 21.4 Å². The molecule has 0 bridgehead atoms. The second kappa shape index (κ2) is 3.88. The van der Waals surface area contributed by atoms with E-state index in [2.05, 4.69) is 0 Å². The molecule has 106 valence electrons. The van der Waals surface area contributed by atoms with Gasteiger partial charge in [0.05, 0.1) is 17.5 Å². The van der Waals surface area contributed by atoms with Gasteiger partial charge in [0.25, 0.3) is 0 Å². The first-order valence-corrected chi connectivity index (χ1v) is 8.28. The fourth-order valence-corrected chi connectivity index (χ4v) is 5.33. The summed E-state index contributed by atoms with van der Waals surface area (Å²) in [5.41, 5.74) is 0.684. The molecular weight excluding hydrogens is 282 g/mol. The Kier molecular flexibility index (Phi) is 2.33. The highest BCUT2D eigenvalue weighted by Gasteiger charge is 2.49. The number of benzene rings is 1. The van der Waals surface area contributed by atoms with Crippen LogP contribution < -0.4 is 14.4 Å². The van der Waals surface area contributed by atoms with E-state index in [4.69, 9.17) is 9.47 Å². The summed E-state index contributed by atoms with van der Waals surface area (Å²) in [7, 11) is -3.03. The van der Waals surface area contributed by atoms with Gasteiger partial charge >= 0.3 is 0 Å². The Hall–Kier alpha value is -1.76. The van der Waals surface area contributed by atoms with Gasteiger partial charge in [0.1, 0.15) is 0 Å². The summed E-state index contributed by atoms with van der Waals surface area (Å²) in [6.07, 6.45) is 0.304. The van der Waals surface area contributed by atoms with Crippen molar-refractivity contribution in [2.45, 2.75) is 12.5 Å². The lowest BCUT2D eigenvalue weighted by Crippen LogP contribution is -2.36. The summed E-state index contributed by atoms with van der Waals surface area (Å²) >= 11 is 0. The van der Waals surface area contributed by atoms with Crippen LogP contribution in [0.2, 0.25) is 0 Å². The molecule has 0 aliphatic carbocycles. The molecule has 1 aromatic carbocycles. The third-order valence-corrected chi connectivity index (χ3v) is 5.89. The van der Waals surface area contributed by atoms with E-state index in [1.165, 1.54) is 0 Å². The summed E-state index contributed by atoms with van der Waals surface area (Å²) in [5.74, 6) is 1.31. The van der Waals surface area contributed by atoms with Gasteiger partial charge in [0.15, 0.2) is 21.3 Å². The highest BCUT2D eigenvalue weighted by Crippen LogP contribution is 2.41. The van der Waals surface area contributed by atoms with Crippen LogP contribution in [0, 0.1) is 5.92 Å². The maximum absolute atomic E-state index is 12.2. The van der Waals surface area contributed by atoms with E-state index < -0.39 is 9.84 Å². The summed E-state index contributed by atoms with van der Waals surface area (Å²) < 4.78 is 34.0. The fraction of sp³-hybridized carbons (Fsp3) is 0.462. The van der Waals surface area contributed by atoms with Crippen LogP contribution in [0.25, 0.3) is 0 Å². The minimum Gasteiger partial charge on any atom is -0.454 e. The second-order valence-corrected chi connectivity index (χ2v) is 7.56. The molecule has 6 nitrogen and oxygen atoms in total. The lowest BCUT2D eigenvalue weighted by Gasteiger charge is -2.23. The van der Waals surface area contributed by atoms with Crippen LogP contribution in [0.3, 0.4) is 0 Å². The van der Waals surface area contributed by atoms with E-state index in [1.807, 2.05) is 0 Å². The van der Waals surface area contributed by atoms with E-state index in [-0.39, 0.29) is 36.2 Å². The number of sulfone groups is 1. The van der Waals surface area contributed by atoms with Gasteiger partial charge in [-0.25, -0.2) is 8.42 Å². The molecule has 4 rings (SSSR count). The minimum atomic E-state index is -3.03. The Morgan fingerprint density at radius 1 is 1.15 bits per heavy atom. The Morgan fingerprint density at radius 2 is 1.95 bits per heavy atom. The Balaban J connectivity index is 1.72. The van der Waals surface area contributed by atoms with Crippen molar-refractivity contribution in [2.75, 3.05) is 23.2 Å². The quantitative estimate of drug-likeness (QED) is 0.757. The van der Waals surface area contributed by atoms with Crippen molar-refractivity contribution < 1.29 is 22.7 Å². The number of anilines is 1. The van der Waals surface area contributed by atoms with Gasteiger partial charge < -0.3 is 14.4 Å². The average Bonchev–Trinajstić information content (AvgIpc) is 3.00. The first-order valence-electron chi connectivity index (χ1n) is 6.46. The number of hydrogen-bond acceptors (Lipinski definition) is 5.